The molecule has 0 unspecified atom stereocenters. The molecular formula is C14H21NO4. The van der Waals surface area contributed by atoms with Gasteiger partial charge in [-0.3, -0.25) is 0 Å². The summed E-state index contributed by atoms with van der Waals surface area (Å²) in [5.41, 5.74) is 6.46. The van der Waals surface area contributed by atoms with E-state index >= 15 is 0 Å². The van der Waals surface area contributed by atoms with Gasteiger partial charge in [-0.1, -0.05) is 0 Å². The molecule has 0 bridgehead atoms. The van der Waals surface area contributed by atoms with E-state index in [-0.39, 0.29) is 5.60 Å². The van der Waals surface area contributed by atoms with Crippen molar-refractivity contribution in [2.24, 2.45) is 0 Å². The van der Waals surface area contributed by atoms with Gasteiger partial charge in [0.1, 0.15) is 12.4 Å². The Morgan fingerprint density at radius 1 is 1.26 bits per heavy atom. The second-order valence-corrected chi connectivity index (χ2v) is 5.05. The van der Waals surface area contributed by atoms with Crippen LogP contribution in [0.1, 0.15) is 31.1 Å². The van der Waals surface area contributed by atoms with E-state index in [2.05, 4.69) is 4.74 Å². The Bertz CT molecular complexity index is 438. The Hall–Kier alpha value is -1.75. The molecule has 106 valence electrons. The van der Waals surface area contributed by atoms with Gasteiger partial charge in [-0.2, -0.15) is 0 Å². The Labute approximate surface area is 113 Å². The molecule has 2 N–H and O–H groups in total. The van der Waals surface area contributed by atoms with E-state index < -0.39 is 5.97 Å². The number of nitrogens with two attached hydrogens (primary N) is 1. The lowest BCUT2D eigenvalue weighted by atomic mass is 10.2. The van der Waals surface area contributed by atoms with Gasteiger partial charge < -0.3 is 19.9 Å². The number of nitrogen functional groups attached to an aromatic ring is 1. The molecule has 5 nitrogen and oxygen atoms in total. The van der Waals surface area contributed by atoms with Crippen LogP contribution in [-0.4, -0.2) is 31.9 Å². The van der Waals surface area contributed by atoms with Crippen LogP contribution in [0.2, 0.25) is 0 Å². The lowest BCUT2D eigenvalue weighted by Crippen LogP contribution is -2.22. The van der Waals surface area contributed by atoms with E-state index in [1.54, 1.807) is 18.2 Å². The first kappa shape index (κ1) is 15.3. The van der Waals surface area contributed by atoms with Crippen molar-refractivity contribution in [2.45, 2.75) is 26.4 Å². The maximum atomic E-state index is 11.4. The maximum absolute atomic E-state index is 11.4. The molecule has 0 aliphatic heterocycles. The van der Waals surface area contributed by atoms with Crippen LogP contribution in [0.15, 0.2) is 18.2 Å². The average molecular weight is 267 g/mol. The fourth-order valence-electron chi connectivity index (χ4n) is 1.40. The molecule has 19 heavy (non-hydrogen) atoms. The van der Waals surface area contributed by atoms with Gasteiger partial charge in [-0.25, -0.2) is 4.79 Å². The van der Waals surface area contributed by atoms with Crippen LogP contribution in [0.4, 0.5) is 5.69 Å². The highest BCUT2D eigenvalue weighted by Crippen LogP contribution is 2.23. The number of ether oxygens (including phenoxy) is 3. The topological polar surface area (TPSA) is 70.8 Å². The number of hydrogen-bond acceptors (Lipinski definition) is 5. The van der Waals surface area contributed by atoms with Crippen molar-refractivity contribution in [3.63, 3.8) is 0 Å². The number of carbonyl (C=O) groups is 1. The summed E-state index contributed by atoms with van der Waals surface area (Å²) >= 11 is 0. The molecular weight excluding hydrogens is 246 g/mol. The van der Waals surface area contributed by atoms with Gasteiger partial charge in [0.25, 0.3) is 0 Å². The van der Waals surface area contributed by atoms with Crippen molar-refractivity contribution in [1.29, 1.82) is 0 Å². The van der Waals surface area contributed by atoms with Crippen LogP contribution < -0.4 is 10.5 Å². The van der Waals surface area contributed by atoms with Gasteiger partial charge in [-0.15, -0.1) is 0 Å². The third-order valence-corrected chi connectivity index (χ3v) is 2.31. The Morgan fingerprint density at radius 2 is 1.95 bits per heavy atom. The van der Waals surface area contributed by atoms with E-state index in [0.29, 0.717) is 30.2 Å². The van der Waals surface area contributed by atoms with Crippen molar-refractivity contribution in [3.8, 4) is 5.75 Å². The van der Waals surface area contributed by atoms with E-state index in [9.17, 15) is 4.79 Å². The molecule has 0 atom stereocenters. The van der Waals surface area contributed by atoms with E-state index in [4.69, 9.17) is 15.2 Å². The van der Waals surface area contributed by atoms with Gasteiger partial charge >= 0.3 is 5.97 Å². The van der Waals surface area contributed by atoms with Crippen molar-refractivity contribution in [2.75, 3.05) is 26.1 Å². The Balaban J connectivity index is 2.60. The first-order valence-corrected chi connectivity index (χ1v) is 6.08. The molecule has 1 aromatic rings. The van der Waals surface area contributed by atoms with Crippen molar-refractivity contribution >= 4 is 11.7 Å². The number of rotatable bonds is 5. The smallest absolute Gasteiger partial charge is 0.337 e. The third-order valence-electron chi connectivity index (χ3n) is 2.31. The molecule has 0 heterocycles. The van der Waals surface area contributed by atoms with Crippen LogP contribution >= 0.6 is 0 Å². The first-order chi connectivity index (χ1) is 8.83. The summed E-state index contributed by atoms with van der Waals surface area (Å²) < 4.78 is 15.7. The van der Waals surface area contributed by atoms with Gasteiger partial charge in [0, 0.05) is 0 Å². The lowest BCUT2D eigenvalue weighted by Gasteiger charge is -2.19. The molecule has 0 aliphatic carbocycles. The summed E-state index contributed by atoms with van der Waals surface area (Å²) in [6.07, 6.45) is 0. The fourth-order valence-corrected chi connectivity index (χ4v) is 1.40. The molecule has 0 aromatic heterocycles. The molecule has 0 saturated carbocycles. The molecule has 0 amide bonds. The predicted molar refractivity (Wildman–Crippen MR) is 73.4 cm³/mol. The molecule has 5 heteroatoms. The van der Waals surface area contributed by atoms with Gasteiger partial charge in [0.2, 0.25) is 0 Å². The minimum absolute atomic E-state index is 0.206. The second kappa shape index (κ2) is 6.43. The summed E-state index contributed by atoms with van der Waals surface area (Å²) in [6, 6.07) is 4.78. The van der Waals surface area contributed by atoms with E-state index in [1.807, 2.05) is 20.8 Å². The summed E-state index contributed by atoms with van der Waals surface area (Å²) in [6.45, 7) is 6.73. The van der Waals surface area contributed by atoms with Crippen LogP contribution in [0.3, 0.4) is 0 Å². The highest BCUT2D eigenvalue weighted by molar-refractivity contribution is 5.90. The quantitative estimate of drug-likeness (QED) is 0.503. The summed E-state index contributed by atoms with van der Waals surface area (Å²) in [4.78, 5) is 11.4. The zero-order valence-corrected chi connectivity index (χ0v) is 11.9. The zero-order valence-electron chi connectivity index (χ0n) is 11.9. The zero-order chi connectivity index (χ0) is 14.5. The highest BCUT2D eigenvalue weighted by atomic mass is 16.5. The molecule has 0 radical (unpaired) electrons. The summed E-state index contributed by atoms with van der Waals surface area (Å²) in [5.74, 6) is 0.0381. The molecule has 0 fully saturated rings. The third kappa shape index (κ3) is 5.18. The largest absolute Gasteiger partial charge is 0.489 e. The number of carbonyl (C=O) groups excluding carboxylic acids is 1. The first-order valence-electron chi connectivity index (χ1n) is 6.08. The lowest BCUT2D eigenvalue weighted by molar-refractivity contribution is -0.0162. The molecule has 0 saturated heterocycles. The fraction of sp³-hybridized carbons (Fsp3) is 0.500. The number of benzene rings is 1. The van der Waals surface area contributed by atoms with Crippen molar-refractivity contribution < 1.29 is 19.0 Å². The minimum Gasteiger partial charge on any atom is -0.489 e. The van der Waals surface area contributed by atoms with E-state index in [0.717, 1.165) is 0 Å². The standard InChI is InChI=1S/C14H21NO4/c1-14(2,3)19-8-7-18-12-9-10(13(16)17-4)5-6-11(12)15/h5-6,9H,7-8,15H2,1-4H3. The van der Waals surface area contributed by atoms with E-state index in [1.165, 1.54) is 7.11 Å². The Morgan fingerprint density at radius 3 is 2.53 bits per heavy atom. The predicted octanol–water partition coefficient (Wildman–Crippen LogP) is 2.25. The van der Waals surface area contributed by atoms with Crippen LogP contribution in [0, 0.1) is 0 Å². The van der Waals surface area contributed by atoms with Crippen molar-refractivity contribution in [3.05, 3.63) is 23.8 Å². The molecule has 0 aliphatic rings. The highest BCUT2D eigenvalue weighted by Gasteiger charge is 2.11. The summed E-state index contributed by atoms with van der Waals surface area (Å²) in [7, 11) is 1.33. The SMILES string of the molecule is COC(=O)c1ccc(N)c(OCCOC(C)(C)C)c1. The van der Waals surface area contributed by atoms with Gasteiger partial charge in [-0.05, 0) is 39.0 Å². The maximum Gasteiger partial charge on any atom is 0.337 e. The van der Waals surface area contributed by atoms with Gasteiger partial charge in [0.05, 0.1) is 30.6 Å². The molecule has 1 rings (SSSR count). The number of esters is 1. The number of methoxy groups -OCH3 is 1. The second-order valence-electron chi connectivity index (χ2n) is 5.05. The molecule has 1 aromatic carbocycles. The summed E-state index contributed by atoms with van der Waals surface area (Å²) in [5, 5.41) is 0. The minimum atomic E-state index is -0.421. The van der Waals surface area contributed by atoms with Gasteiger partial charge in [0.15, 0.2) is 0 Å². The number of anilines is 1. The number of hydrogen-bond donors (Lipinski definition) is 1. The monoisotopic (exact) mass is 267 g/mol. The van der Waals surface area contributed by atoms with Crippen molar-refractivity contribution in [1.82, 2.24) is 0 Å². The van der Waals surface area contributed by atoms with Crippen LogP contribution in [0.5, 0.6) is 5.75 Å². The normalized spacial score (nSPS) is 11.2. The molecule has 0 spiro atoms. The average Bonchev–Trinajstić information content (AvgIpc) is 2.34. The van der Waals surface area contributed by atoms with Crippen LogP contribution in [0.25, 0.3) is 0 Å². The Kier molecular flexibility index (Phi) is 5.18. The van der Waals surface area contributed by atoms with Crippen LogP contribution in [-0.2, 0) is 9.47 Å².